The maximum atomic E-state index is 13.1. The van der Waals surface area contributed by atoms with E-state index in [1.165, 1.54) is 0 Å². The second-order valence-corrected chi connectivity index (χ2v) is 8.42. The highest BCUT2D eigenvalue weighted by Crippen LogP contribution is 2.43. The van der Waals surface area contributed by atoms with Gasteiger partial charge in [0.05, 0.1) is 0 Å². The van der Waals surface area contributed by atoms with Gasteiger partial charge in [0.25, 0.3) is 0 Å². The summed E-state index contributed by atoms with van der Waals surface area (Å²) in [5, 5.41) is 3.05. The number of hydrogen-bond acceptors (Lipinski definition) is 2. The summed E-state index contributed by atoms with van der Waals surface area (Å²) in [5.74, 6) is 0.970. The molecule has 1 saturated heterocycles. The van der Waals surface area contributed by atoms with Crippen molar-refractivity contribution in [1.82, 2.24) is 10.2 Å². The first-order valence-electron chi connectivity index (χ1n) is 8.20. The first kappa shape index (κ1) is 16.3. The Hall–Kier alpha value is -1.06. The van der Waals surface area contributed by atoms with Crippen LogP contribution in [0.5, 0.6) is 0 Å². The highest BCUT2D eigenvalue weighted by atomic mass is 16.2. The minimum absolute atomic E-state index is 0.0141. The van der Waals surface area contributed by atoms with Gasteiger partial charge in [0.1, 0.15) is 11.6 Å². The van der Waals surface area contributed by atoms with Gasteiger partial charge in [-0.15, -0.1) is 0 Å². The Morgan fingerprint density at radius 3 is 2.29 bits per heavy atom. The topological polar surface area (TPSA) is 49.4 Å². The van der Waals surface area contributed by atoms with E-state index in [1.54, 1.807) is 0 Å². The maximum Gasteiger partial charge on any atom is 0.249 e. The van der Waals surface area contributed by atoms with Crippen LogP contribution < -0.4 is 5.32 Å². The fourth-order valence-corrected chi connectivity index (χ4v) is 3.36. The molecule has 1 aliphatic carbocycles. The number of amides is 2. The van der Waals surface area contributed by atoms with Crippen LogP contribution in [0.1, 0.15) is 60.8 Å². The van der Waals surface area contributed by atoms with Crippen molar-refractivity contribution in [1.29, 1.82) is 0 Å². The van der Waals surface area contributed by atoms with Crippen molar-refractivity contribution >= 4 is 11.8 Å². The average molecular weight is 294 g/mol. The molecule has 2 aliphatic rings. The highest BCUT2D eigenvalue weighted by molar-refractivity contribution is 6.00. The lowest BCUT2D eigenvalue weighted by atomic mass is 9.79. The molecule has 4 nitrogen and oxygen atoms in total. The summed E-state index contributed by atoms with van der Waals surface area (Å²) in [5.41, 5.74) is -0.933. The highest BCUT2D eigenvalue weighted by Gasteiger charge is 2.57. The number of carbonyl (C=O) groups excluding carboxylic acids is 2. The second kappa shape index (κ2) is 5.29. The quantitative estimate of drug-likeness (QED) is 0.866. The molecule has 0 spiro atoms. The molecule has 0 bridgehead atoms. The van der Waals surface area contributed by atoms with Gasteiger partial charge >= 0.3 is 0 Å². The van der Waals surface area contributed by atoms with Crippen LogP contribution >= 0.6 is 0 Å². The molecular formula is C17H30N2O2. The number of carbonyl (C=O) groups is 2. The Labute approximate surface area is 128 Å². The molecule has 0 aromatic carbocycles. The molecule has 4 heteroatoms. The molecule has 0 aromatic rings. The van der Waals surface area contributed by atoms with Crippen molar-refractivity contribution < 1.29 is 9.59 Å². The zero-order valence-electron chi connectivity index (χ0n) is 14.3. The molecule has 0 radical (unpaired) electrons. The number of hydrogen-bond donors (Lipinski definition) is 1. The summed E-state index contributed by atoms with van der Waals surface area (Å²) in [7, 11) is 0. The minimum atomic E-state index is -0.685. The second-order valence-electron chi connectivity index (χ2n) is 8.42. The van der Waals surface area contributed by atoms with E-state index >= 15 is 0 Å². The average Bonchev–Trinajstić information content (AvgIpc) is 3.13. The van der Waals surface area contributed by atoms with Gasteiger partial charge in [-0.3, -0.25) is 9.59 Å². The van der Waals surface area contributed by atoms with Gasteiger partial charge in [0.2, 0.25) is 11.8 Å². The third-order valence-electron chi connectivity index (χ3n) is 4.81. The molecule has 2 fully saturated rings. The van der Waals surface area contributed by atoms with Gasteiger partial charge in [-0.2, -0.15) is 0 Å². The van der Waals surface area contributed by atoms with E-state index in [0.29, 0.717) is 18.4 Å². The fourth-order valence-electron chi connectivity index (χ4n) is 3.36. The number of rotatable bonds is 4. The van der Waals surface area contributed by atoms with Crippen molar-refractivity contribution in [3.8, 4) is 0 Å². The lowest BCUT2D eigenvalue weighted by molar-refractivity contribution is -0.160. The van der Waals surface area contributed by atoms with Crippen LogP contribution in [-0.2, 0) is 9.59 Å². The number of piperazine rings is 1. The van der Waals surface area contributed by atoms with Crippen molar-refractivity contribution in [2.24, 2.45) is 17.3 Å². The van der Waals surface area contributed by atoms with E-state index in [4.69, 9.17) is 0 Å². The molecule has 0 aromatic heterocycles. The van der Waals surface area contributed by atoms with Crippen LogP contribution in [0.4, 0.5) is 0 Å². The Morgan fingerprint density at radius 2 is 1.86 bits per heavy atom. The number of nitrogens with zero attached hydrogens (tertiary/aromatic N) is 1. The molecule has 2 amide bonds. The minimum Gasteiger partial charge on any atom is -0.340 e. The van der Waals surface area contributed by atoms with Crippen LogP contribution in [0.3, 0.4) is 0 Å². The van der Waals surface area contributed by atoms with Crippen LogP contribution in [0.25, 0.3) is 0 Å². The predicted molar refractivity (Wildman–Crippen MR) is 83.7 cm³/mol. The van der Waals surface area contributed by atoms with E-state index < -0.39 is 5.54 Å². The Balaban J connectivity index is 2.29. The summed E-state index contributed by atoms with van der Waals surface area (Å²) in [6.45, 7) is 13.0. The zero-order valence-corrected chi connectivity index (χ0v) is 14.3. The molecule has 21 heavy (non-hydrogen) atoms. The van der Waals surface area contributed by atoms with Gasteiger partial charge in [-0.1, -0.05) is 34.6 Å². The van der Waals surface area contributed by atoms with Gasteiger partial charge < -0.3 is 10.2 Å². The number of nitrogens with one attached hydrogen (secondary N) is 1. The summed E-state index contributed by atoms with van der Waals surface area (Å²) >= 11 is 0. The van der Waals surface area contributed by atoms with Crippen molar-refractivity contribution in [3.05, 3.63) is 0 Å². The molecule has 1 heterocycles. The molecule has 2 unspecified atom stereocenters. The van der Waals surface area contributed by atoms with Crippen molar-refractivity contribution in [2.75, 3.05) is 6.54 Å². The summed E-state index contributed by atoms with van der Waals surface area (Å²) < 4.78 is 0. The molecular weight excluding hydrogens is 264 g/mol. The fraction of sp³-hybridized carbons (Fsp3) is 0.882. The monoisotopic (exact) mass is 294 g/mol. The lowest BCUT2D eigenvalue weighted by Crippen LogP contribution is -2.72. The molecule has 2 atom stereocenters. The maximum absolute atomic E-state index is 13.1. The summed E-state index contributed by atoms with van der Waals surface area (Å²) in [4.78, 5) is 27.6. The van der Waals surface area contributed by atoms with Crippen molar-refractivity contribution in [3.63, 3.8) is 0 Å². The first-order chi connectivity index (χ1) is 9.57. The van der Waals surface area contributed by atoms with Gasteiger partial charge in [-0.05, 0) is 43.4 Å². The van der Waals surface area contributed by atoms with Gasteiger partial charge in [0.15, 0.2) is 0 Å². The third-order valence-corrected chi connectivity index (χ3v) is 4.81. The molecule has 120 valence electrons. The lowest BCUT2D eigenvalue weighted by Gasteiger charge is -2.49. The van der Waals surface area contributed by atoms with Crippen LogP contribution in [-0.4, -0.2) is 34.8 Å². The van der Waals surface area contributed by atoms with E-state index in [1.807, 2.05) is 32.6 Å². The van der Waals surface area contributed by atoms with E-state index in [0.717, 1.165) is 19.3 Å². The molecule has 2 rings (SSSR count). The zero-order chi connectivity index (χ0) is 16.0. The van der Waals surface area contributed by atoms with E-state index in [9.17, 15) is 9.59 Å². The van der Waals surface area contributed by atoms with E-state index in [-0.39, 0.29) is 23.3 Å². The molecule has 1 aliphatic heterocycles. The largest absolute Gasteiger partial charge is 0.340 e. The normalized spacial score (nSPS) is 30.8. The SMILES string of the molecule is CC(C)CCN1C(=O)C(C)(C2CC2)NC(=O)C1C(C)(C)C. The third kappa shape index (κ3) is 3.09. The van der Waals surface area contributed by atoms with Gasteiger partial charge in [0, 0.05) is 6.54 Å². The van der Waals surface area contributed by atoms with Crippen LogP contribution in [0.2, 0.25) is 0 Å². The van der Waals surface area contributed by atoms with Gasteiger partial charge in [-0.25, -0.2) is 0 Å². The Bertz CT molecular complexity index is 435. The predicted octanol–water partition coefficient (Wildman–Crippen LogP) is 2.57. The standard InChI is InChI=1S/C17H30N2O2/c1-11(2)9-10-19-13(16(3,4)5)14(20)18-17(6,15(19)21)12-7-8-12/h11-13H,7-10H2,1-6H3,(H,18,20). The first-order valence-corrected chi connectivity index (χ1v) is 8.20. The van der Waals surface area contributed by atoms with Crippen LogP contribution in [0, 0.1) is 17.3 Å². The molecule has 1 N–H and O–H groups in total. The summed E-state index contributed by atoms with van der Waals surface area (Å²) in [6.07, 6.45) is 3.02. The van der Waals surface area contributed by atoms with Crippen LogP contribution in [0.15, 0.2) is 0 Å². The Morgan fingerprint density at radius 1 is 1.29 bits per heavy atom. The smallest absolute Gasteiger partial charge is 0.249 e. The summed E-state index contributed by atoms with van der Waals surface area (Å²) in [6, 6.07) is -0.365. The molecule has 1 saturated carbocycles. The van der Waals surface area contributed by atoms with Crippen molar-refractivity contribution in [2.45, 2.75) is 72.4 Å². The Kier molecular flexibility index (Phi) is 4.11. The van der Waals surface area contributed by atoms with E-state index in [2.05, 4.69) is 19.2 Å².